The lowest BCUT2D eigenvalue weighted by molar-refractivity contribution is -0.114. The Labute approximate surface area is 111 Å². The fourth-order valence-corrected chi connectivity index (χ4v) is 0. The summed E-state index contributed by atoms with van der Waals surface area (Å²) in [6, 6.07) is 0. The molecule has 0 aromatic rings. The van der Waals surface area contributed by atoms with E-state index in [9.17, 15) is 4.79 Å². The lowest BCUT2D eigenvalue weighted by Gasteiger charge is -1.90. The Morgan fingerprint density at radius 1 is 0.882 bits per heavy atom. The second-order valence-corrected chi connectivity index (χ2v) is 4.07. The molecule has 0 aliphatic heterocycles. The molecule has 0 saturated carbocycles. The number of ketones is 1. The molecule has 0 aromatic heterocycles. The van der Waals surface area contributed by atoms with E-state index >= 15 is 0 Å². The van der Waals surface area contributed by atoms with Crippen LogP contribution in [-0.4, -0.2) is 46.0 Å². The van der Waals surface area contributed by atoms with Gasteiger partial charge in [0.05, 0.1) is 0 Å². The molecule has 0 fully saturated rings. The van der Waals surface area contributed by atoms with E-state index in [0.717, 1.165) is 0 Å². The van der Waals surface area contributed by atoms with Crippen LogP contribution in [0.5, 0.6) is 0 Å². The van der Waals surface area contributed by atoms with Crippen LogP contribution in [-0.2, 0) is 9.53 Å². The number of methoxy groups -OCH3 is 1. The van der Waals surface area contributed by atoms with E-state index in [1.807, 2.05) is 26.0 Å². The summed E-state index contributed by atoms with van der Waals surface area (Å²) < 4.78 is 4.25. The van der Waals surface area contributed by atoms with Gasteiger partial charge in [0.15, 0.2) is 0 Å². The number of hydrogen-bond donors (Lipinski definition) is 0. The number of rotatable bonds is 0. The molecule has 0 heterocycles. The molecule has 0 atom stereocenters. The van der Waals surface area contributed by atoms with Crippen LogP contribution in [0.2, 0.25) is 0 Å². The molecule has 0 aromatic carbocycles. The first kappa shape index (κ1) is 30.0. The third-order valence-corrected chi connectivity index (χ3v) is 0. The average Bonchev–Trinajstić information content (AvgIpc) is 2.03. The van der Waals surface area contributed by atoms with E-state index in [2.05, 4.69) is 32.4 Å². The van der Waals surface area contributed by atoms with Crippen LogP contribution in [0.4, 0.5) is 0 Å². The van der Waals surface area contributed by atoms with Gasteiger partial charge in [0, 0.05) is 14.2 Å². The van der Waals surface area contributed by atoms with E-state index in [0.29, 0.717) is 0 Å². The molecule has 0 unspecified atom stereocenters. The van der Waals surface area contributed by atoms with Crippen LogP contribution >= 0.6 is 0 Å². The number of carbonyl (C=O) groups excluding carboxylic acids is 1. The summed E-state index contributed by atoms with van der Waals surface area (Å²) in [6.45, 7) is 11.6. The molecule has 0 rings (SSSR count). The molecule has 0 saturated heterocycles. The second kappa shape index (κ2) is 45.0. The van der Waals surface area contributed by atoms with Gasteiger partial charge < -0.3 is 14.4 Å². The van der Waals surface area contributed by atoms with Crippen molar-refractivity contribution in [1.29, 1.82) is 0 Å². The summed E-state index contributed by atoms with van der Waals surface area (Å²) in [7, 11) is 9.25. The normalized spacial score (nSPS) is 6.82. The SMILES string of the molecule is CC(C)=O.CCC.CCC.CN(C)C.COC. The van der Waals surface area contributed by atoms with E-state index < -0.39 is 0 Å². The molecular weight excluding hydrogens is 214 g/mol. The van der Waals surface area contributed by atoms with Crippen molar-refractivity contribution in [2.75, 3.05) is 35.4 Å². The van der Waals surface area contributed by atoms with Gasteiger partial charge in [0.1, 0.15) is 5.78 Å². The number of ether oxygens (including phenoxy) is 1. The molecule has 0 aliphatic rings. The largest absolute Gasteiger partial charge is 0.388 e. The summed E-state index contributed by atoms with van der Waals surface area (Å²) in [5.41, 5.74) is 0. The molecule has 17 heavy (non-hydrogen) atoms. The van der Waals surface area contributed by atoms with Gasteiger partial charge in [-0.15, -0.1) is 0 Å². The van der Waals surface area contributed by atoms with Gasteiger partial charge in [-0.1, -0.05) is 40.5 Å². The van der Waals surface area contributed by atoms with Gasteiger partial charge in [-0.05, 0) is 35.0 Å². The van der Waals surface area contributed by atoms with Crippen LogP contribution in [0.25, 0.3) is 0 Å². The minimum atomic E-state index is 0.167. The molecule has 0 radical (unpaired) electrons. The summed E-state index contributed by atoms with van der Waals surface area (Å²) in [5.74, 6) is 0.167. The molecule has 110 valence electrons. The molecule has 3 nitrogen and oxygen atoms in total. The highest BCUT2D eigenvalue weighted by Gasteiger charge is 1.62. The first-order valence-corrected chi connectivity index (χ1v) is 6.19. The quantitative estimate of drug-likeness (QED) is 0.654. The lowest BCUT2D eigenvalue weighted by Crippen LogP contribution is -1.99. The third-order valence-electron chi connectivity index (χ3n) is 0. The minimum absolute atomic E-state index is 0.167. The number of carbonyl (C=O) groups is 1. The molecule has 0 bridgehead atoms. The zero-order chi connectivity index (χ0) is 15.3. The molecular formula is C14H37NO2. The number of Topliss-reactive ketones (excluding diaryl/α,β-unsaturated/α-hetero) is 1. The molecule has 3 heteroatoms. The molecule has 0 amide bonds. The van der Waals surface area contributed by atoms with E-state index in [1.54, 1.807) is 14.2 Å². The van der Waals surface area contributed by atoms with Crippen molar-refractivity contribution in [3.8, 4) is 0 Å². The summed E-state index contributed by atoms with van der Waals surface area (Å²) >= 11 is 0. The lowest BCUT2D eigenvalue weighted by atomic mass is 10.6. The van der Waals surface area contributed by atoms with Crippen molar-refractivity contribution in [1.82, 2.24) is 4.90 Å². The van der Waals surface area contributed by atoms with Gasteiger partial charge in [0.2, 0.25) is 0 Å². The fourth-order valence-electron chi connectivity index (χ4n) is 0. The third kappa shape index (κ3) is 17100. The van der Waals surface area contributed by atoms with Crippen molar-refractivity contribution in [3.05, 3.63) is 0 Å². The Bertz CT molecular complexity index is 82.7. The number of hydrogen-bond acceptors (Lipinski definition) is 3. The highest BCUT2D eigenvalue weighted by Crippen LogP contribution is 1.56. The maximum absolute atomic E-state index is 9.44. The maximum atomic E-state index is 9.44. The first-order chi connectivity index (χ1) is 7.71. The van der Waals surface area contributed by atoms with Crippen molar-refractivity contribution in [2.45, 2.75) is 54.4 Å². The average molecular weight is 251 g/mol. The molecule has 0 spiro atoms. The van der Waals surface area contributed by atoms with Crippen LogP contribution in [0, 0.1) is 0 Å². The first-order valence-electron chi connectivity index (χ1n) is 6.19. The fraction of sp³-hybridized carbons (Fsp3) is 0.929. The smallest absolute Gasteiger partial charge is 0.126 e. The Morgan fingerprint density at radius 2 is 0.882 bits per heavy atom. The zero-order valence-electron chi connectivity index (χ0n) is 14.2. The highest BCUT2D eigenvalue weighted by molar-refractivity contribution is 5.72. The molecule has 0 aliphatic carbocycles. The maximum Gasteiger partial charge on any atom is 0.126 e. The predicted molar refractivity (Wildman–Crippen MR) is 80.8 cm³/mol. The zero-order valence-corrected chi connectivity index (χ0v) is 14.2. The highest BCUT2D eigenvalue weighted by atomic mass is 16.4. The van der Waals surface area contributed by atoms with E-state index in [-0.39, 0.29) is 5.78 Å². The van der Waals surface area contributed by atoms with Crippen molar-refractivity contribution in [2.24, 2.45) is 0 Å². The van der Waals surface area contributed by atoms with Crippen molar-refractivity contribution >= 4 is 5.78 Å². The summed E-state index contributed by atoms with van der Waals surface area (Å²) in [5, 5.41) is 0. The van der Waals surface area contributed by atoms with E-state index in [4.69, 9.17) is 0 Å². The Hall–Kier alpha value is -0.410. The summed E-state index contributed by atoms with van der Waals surface area (Å²) in [6.07, 6.45) is 2.50. The topological polar surface area (TPSA) is 29.5 Å². The minimum Gasteiger partial charge on any atom is -0.388 e. The Balaban J connectivity index is -0.0000000356. The van der Waals surface area contributed by atoms with Gasteiger partial charge >= 0.3 is 0 Å². The second-order valence-electron chi connectivity index (χ2n) is 4.07. The van der Waals surface area contributed by atoms with Crippen molar-refractivity contribution in [3.63, 3.8) is 0 Å². The Kier molecular flexibility index (Phi) is 79.4. The Morgan fingerprint density at radius 3 is 0.882 bits per heavy atom. The monoisotopic (exact) mass is 251 g/mol. The van der Waals surface area contributed by atoms with Gasteiger partial charge in [0.25, 0.3) is 0 Å². The van der Waals surface area contributed by atoms with Crippen LogP contribution in [0.1, 0.15) is 54.4 Å². The standard InChI is InChI=1S/C3H9N.C3H6O.2C3H8.C2H6O/c1-4(2)3;1-3(2)4;3*1-3-2/h1-3H3;1-2H3;2*3H2,1-2H3;1-2H3. The van der Waals surface area contributed by atoms with Gasteiger partial charge in [-0.2, -0.15) is 0 Å². The van der Waals surface area contributed by atoms with E-state index in [1.165, 1.54) is 26.7 Å². The summed E-state index contributed by atoms with van der Waals surface area (Å²) in [4.78, 5) is 11.4. The van der Waals surface area contributed by atoms with Crippen LogP contribution in [0.15, 0.2) is 0 Å². The van der Waals surface area contributed by atoms with Crippen molar-refractivity contribution < 1.29 is 9.53 Å². The predicted octanol–water partition coefficient (Wildman–Crippen LogP) is 3.87. The molecule has 0 N–H and O–H groups in total. The van der Waals surface area contributed by atoms with Gasteiger partial charge in [-0.25, -0.2) is 0 Å². The number of nitrogens with zero attached hydrogens (tertiary/aromatic N) is 1. The van der Waals surface area contributed by atoms with Crippen LogP contribution in [0.3, 0.4) is 0 Å². The van der Waals surface area contributed by atoms with Gasteiger partial charge in [-0.3, -0.25) is 0 Å². The van der Waals surface area contributed by atoms with Crippen LogP contribution < -0.4 is 0 Å².